The van der Waals surface area contributed by atoms with Crippen LogP contribution in [0.2, 0.25) is 0 Å². The molecule has 1 atom stereocenters. The lowest BCUT2D eigenvalue weighted by Crippen LogP contribution is -2.46. The van der Waals surface area contributed by atoms with Crippen molar-refractivity contribution in [3.8, 4) is 0 Å². The number of para-hydroxylation sites is 2. The van der Waals surface area contributed by atoms with Crippen LogP contribution in [0.25, 0.3) is 0 Å². The van der Waals surface area contributed by atoms with Crippen LogP contribution in [0.4, 0.5) is 11.4 Å². The van der Waals surface area contributed by atoms with Gasteiger partial charge in [-0.1, -0.05) is 50.2 Å². The smallest absolute Gasteiger partial charge is 0.329 e. The van der Waals surface area contributed by atoms with Gasteiger partial charge in [-0.25, -0.2) is 4.79 Å². The molecule has 0 unspecified atom stereocenters. The number of benzene rings is 2. The van der Waals surface area contributed by atoms with Gasteiger partial charge in [0.15, 0.2) is 12.4 Å². The maximum absolute atomic E-state index is 13.3. The Morgan fingerprint density at radius 2 is 1.55 bits per heavy atom. The molecule has 2 amide bonds. The number of ether oxygens (including phenoxy) is 1. The predicted molar refractivity (Wildman–Crippen MR) is 123 cm³/mol. The average molecular weight is 447 g/mol. The Kier molecular flexibility index (Phi) is 6.58. The summed E-state index contributed by atoms with van der Waals surface area (Å²) in [6.45, 7) is 3.14. The van der Waals surface area contributed by atoms with Gasteiger partial charge in [0.2, 0.25) is 0 Å². The van der Waals surface area contributed by atoms with Crippen LogP contribution in [-0.2, 0) is 27.2 Å². The largest absolute Gasteiger partial charge is 0.459 e. The molecule has 0 bridgehead atoms. The Balaban J connectivity index is 1.51. The minimum Gasteiger partial charge on any atom is -0.459 e. The van der Waals surface area contributed by atoms with E-state index in [-0.39, 0.29) is 17.6 Å². The molecule has 2 aromatic carbocycles. The maximum atomic E-state index is 13.3. The molecule has 1 aliphatic heterocycles. The lowest BCUT2D eigenvalue weighted by molar-refractivity contribution is -0.150. The molecule has 0 saturated carbocycles. The fourth-order valence-corrected chi connectivity index (χ4v) is 3.95. The number of anilines is 2. The van der Waals surface area contributed by atoms with Gasteiger partial charge in [-0.3, -0.25) is 14.5 Å². The van der Waals surface area contributed by atoms with E-state index in [1.54, 1.807) is 24.8 Å². The Bertz CT molecular complexity index is 1110. The number of hydrogen-bond donors (Lipinski definition) is 1. The molecule has 0 fully saturated rings. The number of carbonyl (C=O) groups excluding carboxylic acids is 3. The zero-order valence-electron chi connectivity index (χ0n) is 18.6. The number of furan rings is 1. The number of hydrogen-bond acceptors (Lipinski definition) is 5. The molecule has 0 radical (unpaired) electrons. The van der Waals surface area contributed by atoms with Crippen LogP contribution in [-0.4, -0.2) is 30.4 Å². The molecule has 1 aliphatic rings. The minimum atomic E-state index is -0.917. The first-order valence-electron chi connectivity index (χ1n) is 11.0. The first kappa shape index (κ1) is 22.3. The van der Waals surface area contributed by atoms with Crippen molar-refractivity contribution in [2.45, 2.75) is 32.7 Å². The average Bonchev–Trinajstić information content (AvgIpc) is 3.30. The number of nitrogens with zero attached hydrogens (tertiary/aromatic N) is 1. The zero-order chi connectivity index (χ0) is 23.4. The molecule has 7 nitrogen and oxygen atoms in total. The van der Waals surface area contributed by atoms with Crippen molar-refractivity contribution < 1.29 is 23.5 Å². The van der Waals surface area contributed by atoms with Gasteiger partial charge in [0.25, 0.3) is 11.8 Å². The van der Waals surface area contributed by atoms with Crippen molar-refractivity contribution in [3.63, 3.8) is 0 Å². The van der Waals surface area contributed by atoms with E-state index in [0.717, 1.165) is 35.3 Å². The topological polar surface area (TPSA) is 88.9 Å². The summed E-state index contributed by atoms with van der Waals surface area (Å²) in [4.78, 5) is 40.1. The van der Waals surface area contributed by atoms with Crippen LogP contribution < -0.4 is 10.2 Å². The zero-order valence-corrected chi connectivity index (χ0v) is 18.6. The highest BCUT2D eigenvalue weighted by Gasteiger charge is 2.30. The van der Waals surface area contributed by atoms with E-state index in [0.29, 0.717) is 0 Å². The van der Waals surface area contributed by atoms with E-state index in [2.05, 4.69) is 5.32 Å². The Hall–Kier alpha value is -3.87. The van der Waals surface area contributed by atoms with E-state index in [1.807, 2.05) is 48.5 Å². The van der Waals surface area contributed by atoms with Gasteiger partial charge in [-0.2, -0.15) is 0 Å². The first-order valence-corrected chi connectivity index (χ1v) is 11.0. The van der Waals surface area contributed by atoms with Gasteiger partial charge in [0.1, 0.15) is 6.04 Å². The summed E-state index contributed by atoms with van der Waals surface area (Å²) in [6, 6.07) is 17.7. The number of nitrogens with one attached hydrogen (secondary N) is 1. The van der Waals surface area contributed by atoms with Crippen molar-refractivity contribution in [1.82, 2.24) is 5.32 Å². The molecule has 0 saturated heterocycles. The lowest BCUT2D eigenvalue weighted by Gasteiger charge is -2.26. The summed E-state index contributed by atoms with van der Waals surface area (Å²) in [5.41, 5.74) is 3.68. The molecule has 7 heteroatoms. The Morgan fingerprint density at radius 1 is 0.939 bits per heavy atom. The highest BCUT2D eigenvalue weighted by molar-refractivity contribution is 6.03. The maximum Gasteiger partial charge on any atom is 0.329 e. The molecule has 4 rings (SSSR count). The van der Waals surface area contributed by atoms with Crippen molar-refractivity contribution in [1.29, 1.82) is 0 Å². The quantitative estimate of drug-likeness (QED) is 0.578. The van der Waals surface area contributed by atoms with E-state index >= 15 is 0 Å². The molecule has 1 aromatic heterocycles. The summed E-state index contributed by atoms with van der Waals surface area (Å²) < 4.78 is 10.5. The Morgan fingerprint density at radius 3 is 2.09 bits per heavy atom. The second kappa shape index (κ2) is 9.73. The molecule has 0 spiro atoms. The fraction of sp³-hybridized carbons (Fsp3) is 0.269. The summed E-state index contributed by atoms with van der Waals surface area (Å²) in [6.07, 6.45) is 3.00. The van der Waals surface area contributed by atoms with E-state index in [9.17, 15) is 14.4 Å². The molecule has 170 valence electrons. The van der Waals surface area contributed by atoms with Crippen molar-refractivity contribution in [3.05, 3.63) is 83.8 Å². The van der Waals surface area contributed by atoms with Gasteiger partial charge in [-0.05, 0) is 54.2 Å². The molecular weight excluding hydrogens is 420 g/mol. The van der Waals surface area contributed by atoms with Crippen molar-refractivity contribution in [2.75, 3.05) is 11.5 Å². The number of rotatable bonds is 6. The van der Waals surface area contributed by atoms with E-state index in [4.69, 9.17) is 9.15 Å². The third-order valence-corrected chi connectivity index (χ3v) is 5.67. The van der Waals surface area contributed by atoms with Crippen LogP contribution in [0.3, 0.4) is 0 Å². The molecule has 1 N–H and O–H groups in total. The summed E-state index contributed by atoms with van der Waals surface area (Å²) in [5, 5.41) is 2.63. The first-order chi connectivity index (χ1) is 16.0. The normalized spacial score (nSPS) is 13.5. The van der Waals surface area contributed by atoms with Gasteiger partial charge < -0.3 is 14.5 Å². The van der Waals surface area contributed by atoms with Crippen LogP contribution in [0.1, 0.15) is 35.5 Å². The number of esters is 1. The molecular formula is C26H26N2O5. The second-order valence-electron chi connectivity index (χ2n) is 8.27. The van der Waals surface area contributed by atoms with Gasteiger partial charge in [0.05, 0.1) is 17.6 Å². The third-order valence-electron chi connectivity index (χ3n) is 5.67. The van der Waals surface area contributed by atoms with E-state index < -0.39 is 24.5 Å². The number of fused-ring (bicyclic) bond motifs is 2. The monoisotopic (exact) mass is 446 g/mol. The number of aryl methyl sites for hydroxylation is 2. The lowest BCUT2D eigenvalue weighted by atomic mass is 10.0. The molecule has 33 heavy (non-hydrogen) atoms. The minimum absolute atomic E-state index is 0.0994. The number of carbonyl (C=O) groups is 3. The third kappa shape index (κ3) is 4.82. The van der Waals surface area contributed by atoms with E-state index in [1.165, 1.54) is 12.3 Å². The summed E-state index contributed by atoms with van der Waals surface area (Å²) >= 11 is 0. The second-order valence-corrected chi connectivity index (χ2v) is 8.27. The van der Waals surface area contributed by atoms with Crippen LogP contribution >= 0.6 is 0 Å². The van der Waals surface area contributed by atoms with Crippen LogP contribution in [0, 0.1) is 5.92 Å². The molecule has 2 heterocycles. The van der Waals surface area contributed by atoms with Crippen molar-refractivity contribution >= 4 is 29.2 Å². The fourth-order valence-electron chi connectivity index (χ4n) is 3.95. The summed E-state index contributed by atoms with van der Waals surface area (Å²) in [7, 11) is 0. The Labute approximate surface area is 192 Å². The molecule has 0 aliphatic carbocycles. The van der Waals surface area contributed by atoms with Crippen molar-refractivity contribution in [2.24, 2.45) is 5.92 Å². The standard InChI is InChI=1S/C26H26N2O5/c1-17(2)24(27-25(30)22-12-7-15-32-22)26(31)33-16-23(29)28-20-10-5-3-8-18(20)13-14-19-9-4-6-11-21(19)28/h3-12,15,17,24H,13-14,16H2,1-2H3,(H,27,30)/t24-/m0/s1. The summed E-state index contributed by atoms with van der Waals surface area (Å²) in [5.74, 6) is -1.69. The van der Waals surface area contributed by atoms with Crippen LogP contribution in [0.15, 0.2) is 71.3 Å². The van der Waals surface area contributed by atoms with Gasteiger partial charge in [-0.15, -0.1) is 0 Å². The highest BCUT2D eigenvalue weighted by Crippen LogP contribution is 2.36. The van der Waals surface area contributed by atoms with Crippen LogP contribution in [0.5, 0.6) is 0 Å². The predicted octanol–water partition coefficient (Wildman–Crippen LogP) is 4.04. The van der Waals surface area contributed by atoms with Gasteiger partial charge in [0, 0.05) is 0 Å². The SMILES string of the molecule is CC(C)[C@H](NC(=O)c1ccco1)C(=O)OCC(=O)N1c2ccccc2CCc2ccccc21. The number of amides is 2. The van der Waals surface area contributed by atoms with Gasteiger partial charge >= 0.3 is 5.97 Å². The highest BCUT2D eigenvalue weighted by atomic mass is 16.5. The molecule has 3 aromatic rings.